The van der Waals surface area contributed by atoms with Gasteiger partial charge in [-0.25, -0.2) is 4.79 Å². The highest BCUT2D eigenvalue weighted by molar-refractivity contribution is 5.81. The van der Waals surface area contributed by atoms with Gasteiger partial charge in [0.1, 0.15) is 6.54 Å². The molecule has 0 aromatic carbocycles. The van der Waals surface area contributed by atoms with Crippen molar-refractivity contribution >= 4 is 17.9 Å². The Bertz CT molecular complexity index is 374. The Hall–Kier alpha value is -2.05. The van der Waals surface area contributed by atoms with E-state index in [1.165, 1.54) is 6.08 Å². The molecule has 0 saturated heterocycles. The third-order valence-electron chi connectivity index (χ3n) is 2.11. The highest BCUT2D eigenvalue weighted by Crippen LogP contribution is 1.98. The lowest BCUT2D eigenvalue weighted by molar-refractivity contribution is -0.137. The molecule has 3 amide bonds. The SMILES string of the molecule is C=CCN(CC(=O)O)C(=O)NCCC(=O)NC(C)(C)C. The summed E-state index contributed by atoms with van der Waals surface area (Å²) in [5.74, 6) is -1.28. The molecule has 0 aromatic heterocycles. The number of nitrogens with zero attached hydrogens (tertiary/aromatic N) is 1. The first-order valence-corrected chi connectivity index (χ1v) is 6.32. The molecule has 114 valence electrons. The van der Waals surface area contributed by atoms with Gasteiger partial charge >= 0.3 is 12.0 Å². The lowest BCUT2D eigenvalue weighted by Gasteiger charge is -2.21. The van der Waals surface area contributed by atoms with Crippen molar-refractivity contribution in [3.63, 3.8) is 0 Å². The van der Waals surface area contributed by atoms with Crippen molar-refractivity contribution in [2.75, 3.05) is 19.6 Å². The van der Waals surface area contributed by atoms with Gasteiger partial charge in [-0.3, -0.25) is 9.59 Å². The van der Waals surface area contributed by atoms with Crippen LogP contribution < -0.4 is 10.6 Å². The maximum atomic E-state index is 11.7. The van der Waals surface area contributed by atoms with Gasteiger partial charge in [0.2, 0.25) is 5.91 Å². The van der Waals surface area contributed by atoms with Crippen LogP contribution >= 0.6 is 0 Å². The van der Waals surface area contributed by atoms with Gasteiger partial charge in [-0.1, -0.05) is 6.08 Å². The van der Waals surface area contributed by atoms with Crippen molar-refractivity contribution in [3.8, 4) is 0 Å². The zero-order valence-corrected chi connectivity index (χ0v) is 12.2. The summed E-state index contributed by atoms with van der Waals surface area (Å²) in [5, 5.41) is 14.0. The third-order valence-corrected chi connectivity index (χ3v) is 2.11. The van der Waals surface area contributed by atoms with Crippen LogP contribution in [-0.4, -0.2) is 53.1 Å². The molecule has 0 aromatic rings. The first-order chi connectivity index (χ1) is 9.15. The van der Waals surface area contributed by atoms with Gasteiger partial charge in [0.15, 0.2) is 0 Å². The Morgan fingerprint density at radius 3 is 2.35 bits per heavy atom. The van der Waals surface area contributed by atoms with E-state index in [0.717, 1.165) is 4.90 Å². The van der Waals surface area contributed by atoms with Crippen LogP contribution in [0.3, 0.4) is 0 Å². The van der Waals surface area contributed by atoms with Gasteiger partial charge in [0.25, 0.3) is 0 Å². The molecular formula is C13H23N3O4. The largest absolute Gasteiger partial charge is 0.480 e. The second-order valence-corrected chi connectivity index (χ2v) is 5.34. The predicted molar refractivity (Wildman–Crippen MR) is 75.3 cm³/mol. The van der Waals surface area contributed by atoms with Crippen molar-refractivity contribution in [2.45, 2.75) is 32.7 Å². The summed E-state index contributed by atoms with van der Waals surface area (Å²) in [4.78, 5) is 34.9. The Morgan fingerprint density at radius 2 is 1.90 bits per heavy atom. The minimum absolute atomic E-state index is 0.131. The zero-order valence-electron chi connectivity index (χ0n) is 12.2. The first-order valence-electron chi connectivity index (χ1n) is 6.32. The molecule has 0 heterocycles. The molecule has 0 aliphatic rings. The molecule has 7 heteroatoms. The molecule has 0 aliphatic carbocycles. The molecule has 0 unspecified atom stereocenters. The van der Waals surface area contributed by atoms with Crippen LogP contribution in [0.4, 0.5) is 4.79 Å². The van der Waals surface area contributed by atoms with Crippen molar-refractivity contribution in [1.82, 2.24) is 15.5 Å². The molecule has 0 fully saturated rings. The number of carbonyl (C=O) groups is 3. The van der Waals surface area contributed by atoms with E-state index in [1.54, 1.807) is 0 Å². The Kier molecular flexibility index (Phi) is 7.35. The van der Waals surface area contributed by atoms with Gasteiger partial charge in [-0.2, -0.15) is 0 Å². The van der Waals surface area contributed by atoms with Crippen LogP contribution in [0.5, 0.6) is 0 Å². The highest BCUT2D eigenvalue weighted by Gasteiger charge is 2.16. The molecule has 0 aliphatic heterocycles. The van der Waals surface area contributed by atoms with Crippen LogP contribution in [0.1, 0.15) is 27.2 Å². The molecule has 0 rings (SSSR count). The number of rotatable bonds is 7. The summed E-state index contributed by atoms with van der Waals surface area (Å²) in [6.07, 6.45) is 1.58. The van der Waals surface area contributed by atoms with E-state index < -0.39 is 18.5 Å². The average Bonchev–Trinajstić information content (AvgIpc) is 2.25. The quantitative estimate of drug-likeness (QED) is 0.596. The number of carboxylic acids is 1. The number of nitrogens with one attached hydrogen (secondary N) is 2. The van der Waals surface area contributed by atoms with Gasteiger partial charge < -0.3 is 20.6 Å². The van der Waals surface area contributed by atoms with E-state index in [0.29, 0.717) is 0 Å². The molecule has 20 heavy (non-hydrogen) atoms. The number of amides is 3. The minimum atomic E-state index is -1.10. The maximum Gasteiger partial charge on any atom is 0.323 e. The van der Waals surface area contributed by atoms with E-state index in [9.17, 15) is 14.4 Å². The number of urea groups is 1. The highest BCUT2D eigenvalue weighted by atomic mass is 16.4. The normalized spacial score (nSPS) is 10.6. The van der Waals surface area contributed by atoms with E-state index in [1.807, 2.05) is 20.8 Å². The summed E-state index contributed by atoms with van der Waals surface area (Å²) in [5.41, 5.74) is -0.320. The fourth-order valence-corrected chi connectivity index (χ4v) is 1.41. The first kappa shape index (κ1) is 17.9. The van der Waals surface area contributed by atoms with Crippen LogP contribution in [-0.2, 0) is 9.59 Å². The molecule has 0 spiro atoms. The van der Waals surface area contributed by atoms with Crippen molar-refractivity contribution in [2.24, 2.45) is 0 Å². The number of hydrogen-bond donors (Lipinski definition) is 3. The fourth-order valence-electron chi connectivity index (χ4n) is 1.41. The Balaban J connectivity index is 4.15. The van der Waals surface area contributed by atoms with Crippen LogP contribution in [0, 0.1) is 0 Å². The smallest absolute Gasteiger partial charge is 0.323 e. The Morgan fingerprint density at radius 1 is 1.30 bits per heavy atom. The molecule has 3 N–H and O–H groups in total. The Labute approximate surface area is 119 Å². The van der Waals surface area contributed by atoms with Gasteiger partial charge in [0, 0.05) is 25.0 Å². The van der Waals surface area contributed by atoms with E-state index in [2.05, 4.69) is 17.2 Å². The standard InChI is InChI=1S/C13H23N3O4/c1-5-8-16(9-11(18)19)12(20)14-7-6-10(17)15-13(2,3)4/h5H,1,6-9H2,2-4H3,(H,14,20)(H,15,17)(H,18,19). The number of carboxylic acid groups (broad SMARTS) is 1. The maximum absolute atomic E-state index is 11.7. The summed E-state index contributed by atoms with van der Waals surface area (Å²) in [7, 11) is 0. The monoisotopic (exact) mass is 285 g/mol. The summed E-state index contributed by atoms with van der Waals surface area (Å²) >= 11 is 0. The summed E-state index contributed by atoms with van der Waals surface area (Å²) in [6, 6.07) is -0.532. The zero-order chi connectivity index (χ0) is 15.8. The van der Waals surface area contributed by atoms with E-state index >= 15 is 0 Å². The molecule has 0 bridgehead atoms. The number of carbonyl (C=O) groups excluding carboxylic acids is 2. The van der Waals surface area contributed by atoms with Crippen LogP contribution in [0.2, 0.25) is 0 Å². The van der Waals surface area contributed by atoms with Crippen molar-refractivity contribution in [1.29, 1.82) is 0 Å². The summed E-state index contributed by atoms with van der Waals surface area (Å²) in [6.45, 7) is 8.92. The van der Waals surface area contributed by atoms with Gasteiger partial charge in [0.05, 0.1) is 0 Å². The molecule has 0 radical (unpaired) electrons. The van der Waals surface area contributed by atoms with E-state index in [-0.39, 0.29) is 31.0 Å². The van der Waals surface area contributed by atoms with Crippen molar-refractivity contribution < 1.29 is 19.5 Å². The van der Waals surface area contributed by atoms with Gasteiger partial charge in [-0.05, 0) is 20.8 Å². The van der Waals surface area contributed by atoms with E-state index in [4.69, 9.17) is 5.11 Å². The molecule has 7 nitrogen and oxygen atoms in total. The topological polar surface area (TPSA) is 98.7 Å². The molecule has 0 saturated carbocycles. The molecular weight excluding hydrogens is 262 g/mol. The lowest BCUT2D eigenvalue weighted by atomic mass is 10.1. The average molecular weight is 285 g/mol. The van der Waals surface area contributed by atoms with Gasteiger partial charge in [-0.15, -0.1) is 6.58 Å². The fraction of sp³-hybridized carbons (Fsp3) is 0.615. The lowest BCUT2D eigenvalue weighted by Crippen LogP contribution is -2.45. The second kappa shape index (κ2) is 8.19. The minimum Gasteiger partial charge on any atom is -0.480 e. The summed E-state index contributed by atoms with van der Waals surface area (Å²) < 4.78 is 0. The predicted octanol–water partition coefficient (Wildman–Crippen LogP) is 0.573. The van der Waals surface area contributed by atoms with Crippen LogP contribution in [0.15, 0.2) is 12.7 Å². The molecule has 0 atom stereocenters. The number of hydrogen-bond acceptors (Lipinski definition) is 3. The number of aliphatic carboxylic acids is 1. The van der Waals surface area contributed by atoms with Crippen molar-refractivity contribution in [3.05, 3.63) is 12.7 Å². The third kappa shape index (κ3) is 8.96. The second-order valence-electron chi connectivity index (χ2n) is 5.34. The van der Waals surface area contributed by atoms with Crippen LogP contribution in [0.25, 0.3) is 0 Å².